The number of nitrogens with zero attached hydrogens (tertiary/aromatic N) is 2. The van der Waals surface area contributed by atoms with Crippen molar-refractivity contribution in [2.75, 3.05) is 13.1 Å². The van der Waals surface area contributed by atoms with Gasteiger partial charge in [0.25, 0.3) is 5.91 Å². The van der Waals surface area contributed by atoms with Crippen LogP contribution in [0.15, 0.2) is 42.1 Å². The fourth-order valence-electron chi connectivity index (χ4n) is 4.07. The van der Waals surface area contributed by atoms with Gasteiger partial charge >= 0.3 is 0 Å². The Morgan fingerprint density at radius 2 is 1.81 bits per heavy atom. The molecule has 4 heteroatoms. The highest BCUT2D eigenvalue weighted by Gasteiger charge is 2.25. The lowest BCUT2D eigenvalue weighted by molar-refractivity contribution is -0.128. The number of piperidine rings is 1. The summed E-state index contributed by atoms with van der Waals surface area (Å²) < 4.78 is 0. The van der Waals surface area contributed by atoms with Gasteiger partial charge in [0.1, 0.15) is 11.6 Å². The van der Waals surface area contributed by atoms with Gasteiger partial charge in [-0.05, 0) is 43.6 Å². The Bertz CT molecular complexity index is 648. The summed E-state index contributed by atoms with van der Waals surface area (Å²) in [5.74, 6) is 0.505. The maximum atomic E-state index is 12.7. The first kappa shape index (κ1) is 18.5. The third kappa shape index (κ3) is 5.11. The number of rotatable bonds is 5. The van der Waals surface area contributed by atoms with Gasteiger partial charge in [0, 0.05) is 25.3 Å². The second-order valence-corrected chi connectivity index (χ2v) is 7.60. The van der Waals surface area contributed by atoms with Crippen LogP contribution in [0.4, 0.5) is 0 Å². The smallest absolute Gasteiger partial charge is 0.265 e. The molecule has 1 amide bonds. The van der Waals surface area contributed by atoms with E-state index in [1.165, 1.54) is 24.8 Å². The highest BCUT2D eigenvalue weighted by Crippen LogP contribution is 2.23. The molecule has 0 radical (unpaired) electrons. The lowest BCUT2D eigenvalue weighted by Gasteiger charge is -2.32. The monoisotopic (exact) mass is 351 g/mol. The normalized spacial score (nSPS) is 19.8. The van der Waals surface area contributed by atoms with Gasteiger partial charge in [0.2, 0.25) is 0 Å². The van der Waals surface area contributed by atoms with Crippen LogP contribution in [0.5, 0.6) is 0 Å². The minimum absolute atomic E-state index is 0.117. The van der Waals surface area contributed by atoms with E-state index in [1.807, 2.05) is 11.0 Å². The lowest BCUT2D eigenvalue weighted by Crippen LogP contribution is -2.40. The molecule has 0 aromatic heterocycles. The summed E-state index contributed by atoms with van der Waals surface area (Å²) in [6.45, 7) is 1.50. The second kappa shape index (κ2) is 9.43. The van der Waals surface area contributed by atoms with Gasteiger partial charge in [-0.1, -0.05) is 49.6 Å². The number of nitrogens with one attached hydrogen (secondary N) is 1. The molecule has 1 aromatic rings. The second-order valence-electron chi connectivity index (χ2n) is 7.60. The topological polar surface area (TPSA) is 56.1 Å². The average molecular weight is 351 g/mol. The third-order valence-electron chi connectivity index (χ3n) is 5.69. The fraction of sp³-hybridized carbons (Fsp3) is 0.545. The zero-order valence-electron chi connectivity index (χ0n) is 15.5. The zero-order chi connectivity index (χ0) is 18.2. The summed E-state index contributed by atoms with van der Waals surface area (Å²) >= 11 is 0. The van der Waals surface area contributed by atoms with Crippen LogP contribution in [-0.4, -0.2) is 29.9 Å². The van der Waals surface area contributed by atoms with Gasteiger partial charge in [-0.25, -0.2) is 0 Å². The van der Waals surface area contributed by atoms with E-state index in [0.29, 0.717) is 12.0 Å². The molecule has 1 aliphatic carbocycles. The highest BCUT2D eigenvalue weighted by atomic mass is 16.2. The largest absolute Gasteiger partial charge is 0.387 e. The van der Waals surface area contributed by atoms with Gasteiger partial charge in [0.15, 0.2) is 0 Å². The Morgan fingerprint density at radius 1 is 1.12 bits per heavy atom. The molecular weight excluding hydrogens is 322 g/mol. The van der Waals surface area contributed by atoms with Crippen molar-refractivity contribution in [3.63, 3.8) is 0 Å². The summed E-state index contributed by atoms with van der Waals surface area (Å²) in [5, 5.41) is 12.7. The first-order valence-electron chi connectivity index (χ1n) is 9.96. The Morgan fingerprint density at radius 3 is 2.46 bits per heavy atom. The predicted octanol–water partition coefficient (Wildman–Crippen LogP) is 3.80. The van der Waals surface area contributed by atoms with Gasteiger partial charge in [-0.2, -0.15) is 5.26 Å². The van der Waals surface area contributed by atoms with Crippen molar-refractivity contribution in [3.8, 4) is 6.07 Å². The summed E-state index contributed by atoms with van der Waals surface area (Å²) in [4.78, 5) is 14.5. The molecule has 1 saturated carbocycles. The molecule has 1 aliphatic heterocycles. The van der Waals surface area contributed by atoms with Crippen molar-refractivity contribution in [3.05, 3.63) is 47.7 Å². The van der Waals surface area contributed by atoms with E-state index in [2.05, 4.69) is 35.7 Å². The number of hydrogen-bond donors (Lipinski definition) is 1. The van der Waals surface area contributed by atoms with Gasteiger partial charge in [-0.3, -0.25) is 4.79 Å². The Hall–Kier alpha value is -2.28. The van der Waals surface area contributed by atoms with Crippen LogP contribution in [0.2, 0.25) is 0 Å². The third-order valence-corrected chi connectivity index (χ3v) is 5.69. The molecule has 4 nitrogen and oxygen atoms in total. The first-order valence-corrected chi connectivity index (χ1v) is 9.96. The van der Waals surface area contributed by atoms with Crippen molar-refractivity contribution < 1.29 is 4.79 Å². The van der Waals surface area contributed by atoms with Crippen molar-refractivity contribution in [1.82, 2.24) is 10.2 Å². The van der Waals surface area contributed by atoms with Crippen molar-refractivity contribution in [1.29, 1.82) is 5.26 Å². The summed E-state index contributed by atoms with van der Waals surface area (Å²) in [5.41, 5.74) is 1.61. The quantitative estimate of drug-likeness (QED) is 0.648. The predicted molar refractivity (Wildman–Crippen MR) is 103 cm³/mol. The van der Waals surface area contributed by atoms with E-state index in [9.17, 15) is 10.1 Å². The number of nitriles is 1. The molecule has 138 valence electrons. The summed E-state index contributed by atoms with van der Waals surface area (Å²) in [6.07, 6.45) is 10.8. The van der Waals surface area contributed by atoms with E-state index in [1.54, 1.807) is 6.20 Å². The van der Waals surface area contributed by atoms with Crippen LogP contribution in [0.3, 0.4) is 0 Å². The van der Waals surface area contributed by atoms with Crippen molar-refractivity contribution >= 4 is 5.91 Å². The molecule has 0 atom stereocenters. The van der Waals surface area contributed by atoms with E-state index in [-0.39, 0.29) is 11.5 Å². The van der Waals surface area contributed by atoms with Crippen molar-refractivity contribution in [2.45, 2.75) is 57.4 Å². The molecule has 1 heterocycles. The maximum absolute atomic E-state index is 12.7. The summed E-state index contributed by atoms with van der Waals surface area (Å²) in [7, 11) is 0. The Labute approximate surface area is 156 Å². The standard InChI is InChI=1S/C22H29N3O/c23-16-20(17-24-21-9-5-2-6-10-21)22(26)25-13-11-19(12-14-25)15-18-7-3-1-4-8-18/h1,3-4,7-8,17,19,21,24H,2,5-6,9-15H2/b20-17-. The van der Waals surface area contributed by atoms with Gasteiger partial charge in [-0.15, -0.1) is 0 Å². The molecule has 0 bridgehead atoms. The molecule has 1 aromatic carbocycles. The average Bonchev–Trinajstić information content (AvgIpc) is 2.70. The first-order chi connectivity index (χ1) is 12.8. The van der Waals surface area contributed by atoms with E-state index >= 15 is 0 Å². The molecule has 2 aliphatic rings. The SMILES string of the molecule is N#C/C(=C/NC1CCCCC1)C(=O)N1CCC(Cc2ccccc2)CC1. The highest BCUT2D eigenvalue weighted by molar-refractivity contribution is 5.97. The van der Waals surface area contributed by atoms with Crippen molar-refractivity contribution in [2.24, 2.45) is 5.92 Å². The van der Waals surface area contributed by atoms with Crippen LogP contribution in [0.1, 0.15) is 50.5 Å². The lowest BCUT2D eigenvalue weighted by atomic mass is 9.90. The van der Waals surface area contributed by atoms with Crippen LogP contribution in [-0.2, 0) is 11.2 Å². The van der Waals surface area contributed by atoms with Crippen LogP contribution >= 0.6 is 0 Å². The number of amides is 1. The fourth-order valence-corrected chi connectivity index (χ4v) is 4.07. The van der Waals surface area contributed by atoms with Crippen LogP contribution < -0.4 is 5.32 Å². The number of carbonyl (C=O) groups is 1. The molecule has 0 unspecified atom stereocenters. The molecule has 3 rings (SSSR count). The van der Waals surface area contributed by atoms with Crippen LogP contribution in [0, 0.1) is 17.2 Å². The van der Waals surface area contributed by atoms with E-state index in [0.717, 1.165) is 45.2 Å². The summed E-state index contributed by atoms with van der Waals surface area (Å²) in [6, 6.07) is 13.1. The van der Waals surface area contributed by atoms with Gasteiger partial charge < -0.3 is 10.2 Å². The van der Waals surface area contributed by atoms with E-state index in [4.69, 9.17) is 0 Å². The minimum Gasteiger partial charge on any atom is -0.387 e. The molecular formula is C22H29N3O. The molecule has 1 saturated heterocycles. The Balaban J connectivity index is 1.49. The number of hydrogen-bond acceptors (Lipinski definition) is 3. The van der Waals surface area contributed by atoms with Gasteiger partial charge in [0.05, 0.1) is 0 Å². The zero-order valence-corrected chi connectivity index (χ0v) is 15.5. The molecule has 0 spiro atoms. The number of likely N-dealkylation sites (tertiary alicyclic amines) is 1. The minimum atomic E-state index is -0.117. The molecule has 2 fully saturated rings. The van der Waals surface area contributed by atoms with Crippen LogP contribution in [0.25, 0.3) is 0 Å². The Kier molecular flexibility index (Phi) is 6.71. The number of carbonyl (C=O) groups excluding carboxylic acids is 1. The number of benzene rings is 1. The maximum Gasteiger partial charge on any atom is 0.265 e. The van der Waals surface area contributed by atoms with E-state index < -0.39 is 0 Å². The molecule has 1 N–H and O–H groups in total. The molecule has 26 heavy (non-hydrogen) atoms.